The minimum atomic E-state index is -0.541. The van der Waals surface area contributed by atoms with Crippen molar-refractivity contribution in [3.05, 3.63) is 33.1 Å². The van der Waals surface area contributed by atoms with Gasteiger partial charge >= 0.3 is 7.05 Å². The lowest BCUT2D eigenvalue weighted by Gasteiger charge is -2.06. The number of rotatable bonds is 3. The Morgan fingerprint density at radius 1 is 1.62 bits per heavy atom. The number of hydrogen-bond acceptors (Lipinski definition) is 2. The zero-order valence-electron chi connectivity index (χ0n) is 7.22. The fourth-order valence-electron chi connectivity index (χ4n) is 0.923. The first-order chi connectivity index (χ1) is 6.09. The van der Waals surface area contributed by atoms with E-state index in [4.69, 9.17) is 5.02 Å². The zero-order chi connectivity index (χ0) is 9.84. The lowest BCUT2D eigenvalue weighted by atomic mass is 9.88. The van der Waals surface area contributed by atoms with E-state index in [1.54, 1.807) is 12.9 Å². The Kier molecular flexibility index (Phi) is 4.15. The molecule has 2 nitrogen and oxygen atoms in total. The molecule has 0 saturated carbocycles. The zero-order valence-corrected chi connectivity index (χ0v) is 9.38. The van der Waals surface area contributed by atoms with Crippen molar-refractivity contribution in [2.45, 2.75) is 13.4 Å². The summed E-state index contributed by atoms with van der Waals surface area (Å²) in [5.74, 6) is -0.231. The Morgan fingerprint density at radius 3 is 2.85 bits per heavy atom. The highest BCUT2D eigenvalue weighted by molar-refractivity contribution is 14.1. The van der Waals surface area contributed by atoms with Crippen molar-refractivity contribution in [3.8, 4) is 0 Å². The molecule has 13 heavy (non-hydrogen) atoms. The monoisotopic (exact) mass is 293 g/mol. The van der Waals surface area contributed by atoms with E-state index in [-0.39, 0.29) is 5.82 Å². The molecule has 0 spiro atoms. The third kappa shape index (κ3) is 3.62. The van der Waals surface area contributed by atoms with Crippen LogP contribution in [0.15, 0.2) is 18.2 Å². The highest BCUT2D eigenvalue weighted by atomic mass is 127. The molecule has 2 N–H and O–H groups in total. The molecule has 5 heteroatoms. The molecule has 0 aliphatic rings. The maximum Gasteiger partial charge on any atom is 0.373 e. The van der Waals surface area contributed by atoms with E-state index in [0.29, 0.717) is 6.54 Å². The molecule has 1 rings (SSSR count). The number of nitrogens with one attached hydrogen (secondary N) is 1. The van der Waals surface area contributed by atoms with Gasteiger partial charge in [-0.25, -0.2) is 4.39 Å². The maximum absolute atomic E-state index is 12.7. The largest absolute Gasteiger partial charge is 0.437 e. The maximum atomic E-state index is 12.7. The van der Waals surface area contributed by atoms with Crippen molar-refractivity contribution in [2.24, 2.45) is 0 Å². The van der Waals surface area contributed by atoms with Crippen molar-refractivity contribution >= 4 is 29.6 Å². The minimum absolute atomic E-state index is 0.231. The van der Waals surface area contributed by atoms with Crippen LogP contribution in [-0.2, 0) is 6.54 Å². The van der Waals surface area contributed by atoms with Gasteiger partial charge in [-0.15, -0.1) is 0 Å². The average Bonchev–Trinajstić information content (AvgIpc) is 2.02. The van der Waals surface area contributed by atoms with E-state index >= 15 is 0 Å². The van der Waals surface area contributed by atoms with Crippen LogP contribution in [0, 0.1) is 9.39 Å². The van der Waals surface area contributed by atoms with Crippen LogP contribution in [0.25, 0.3) is 0 Å². The van der Waals surface area contributed by atoms with Crippen molar-refractivity contribution in [2.75, 3.05) is 0 Å². The topological polar surface area (TPSA) is 32.3 Å². The fraction of sp³-hybridized carbons (Fsp3) is 0.250. The molecule has 0 aliphatic heterocycles. The van der Waals surface area contributed by atoms with Gasteiger partial charge in [0.1, 0.15) is 5.82 Å². The van der Waals surface area contributed by atoms with Crippen LogP contribution in [-0.4, -0.2) is 12.1 Å². The molecular weight excluding hydrogens is 283 g/mol. The van der Waals surface area contributed by atoms with Gasteiger partial charge in [0.2, 0.25) is 0 Å². The van der Waals surface area contributed by atoms with Gasteiger partial charge in [-0.1, -0.05) is 6.07 Å². The summed E-state index contributed by atoms with van der Waals surface area (Å²) >= 11 is 2.07. The summed E-state index contributed by atoms with van der Waals surface area (Å²) in [7, 11) is -0.541. The molecule has 0 aromatic heterocycles. The molecule has 0 heterocycles. The van der Waals surface area contributed by atoms with E-state index in [2.05, 4.69) is 27.8 Å². The first-order valence-corrected chi connectivity index (χ1v) is 5.03. The summed E-state index contributed by atoms with van der Waals surface area (Å²) in [6.45, 7) is 2.20. The Morgan fingerprint density at radius 2 is 2.31 bits per heavy atom. The van der Waals surface area contributed by atoms with Gasteiger partial charge < -0.3 is 10.3 Å². The van der Waals surface area contributed by atoms with E-state index in [1.165, 1.54) is 12.1 Å². The summed E-state index contributed by atoms with van der Waals surface area (Å²) < 4.78 is 13.5. The van der Waals surface area contributed by atoms with Gasteiger partial charge in [0.15, 0.2) is 0 Å². The highest BCUT2D eigenvalue weighted by Gasteiger charge is 2.04. The van der Waals surface area contributed by atoms with Crippen LogP contribution >= 0.6 is 22.6 Å². The Balaban J connectivity index is 2.67. The Labute approximate surface area is 90.8 Å². The fourth-order valence-corrected chi connectivity index (χ4v) is 1.59. The van der Waals surface area contributed by atoms with Crippen LogP contribution in [0.5, 0.6) is 0 Å². The average molecular weight is 293 g/mol. The third-order valence-electron chi connectivity index (χ3n) is 1.60. The van der Waals surface area contributed by atoms with E-state index in [1.807, 2.05) is 0 Å². The molecule has 0 atom stereocenters. The van der Waals surface area contributed by atoms with Crippen molar-refractivity contribution in [3.63, 3.8) is 0 Å². The first kappa shape index (κ1) is 10.9. The lowest BCUT2D eigenvalue weighted by Crippen LogP contribution is -2.29. The Bertz CT molecular complexity index is 295. The van der Waals surface area contributed by atoms with Crippen molar-refractivity contribution < 1.29 is 9.41 Å². The third-order valence-corrected chi connectivity index (χ3v) is 2.61. The van der Waals surface area contributed by atoms with Crippen LogP contribution in [0.1, 0.15) is 5.56 Å². The van der Waals surface area contributed by atoms with Crippen LogP contribution < -0.4 is 5.23 Å². The molecule has 0 saturated heterocycles. The highest BCUT2D eigenvalue weighted by Crippen LogP contribution is 2.13. The summed E-state index contributed by atoms with van der Waals surface area (Å²) in [6, 6.07) is 4.60. The van der Waals surface area contributed by atoms with Crippen LogP contribution in [0.2, 0.25) is 6.82 Å². The predicted octanol–water partition coefficient (Wildman–Crippen LogP) is 1.63. The summed E-state index contributed by atoms with van der Waals surface area (Å²) in [6.07, 6.45) is 0. The second-order valence-electron chi connectivity index (χ2n) is 2.79. The molecule has 1 aromatic carbocycles. The molecule has 1 aromatic rings. The second-order valence-corrected chi connectivity index (χ2v) is 3.95. The van der Waals surface area contributed by atoms with Crippen molar-refractivity contribution in [1.29, 1.82) is 0 Å². The molecule has 0 radical (unpaired) electrons. The summed E-state index contributed by atoms with van der Waals surface area (Å²) in [5.41, 5.74) is 0.989. The molecule has 0 fully saturated rings. The number of hydrogen-bond donors (Lipinski definition) is 2. The summed E-state index contributed by atoms with van der Waals surface area (Å²) in [5, 5.41) is 11.8. The predicted molar refractivity (Wildman–Crippen MR) is 59.8 cm³/mol. The quantitative estimate of drug-likeness (QED) is 0.656. The lowest BCUT2D eigenvalue weighted by molar-refractivity contribution is 0.553. The van der Waals surface area contributed by atoms with E-state index < -0.39 is 7.05 Å². The normalized spacial score (nSPS) is 10.2. The molecule has 0 aliphatic carbocycles. The van der Waals surface area contributed by atoms with Gasteiger partial charge in [0.05, 0.1) is 0 Å². The van der Waals surface area contributed by atoms with Crippen molar-refractivity contribution in [1.82, 2.24) is 5.23 Å². The standard InChI is InChI=1S/C8H10BFINO/c1-9(13)12-5-6-2-3-7(10)4-8(6)11/h2-4,12-13H,5H2,1H3. The second kappa shape index (κ2) is 4.92. The Hall–Kier alpha value is -0.135. The summed E-state index contributed by atoms with van der Waals surface area (Å²) in [4.78, 5) is 0. The molecule has 0 amide bonds. The van der Waals surface area contributed by atoms with Gasteiger partial charge in [-0.2, -0.15) is 0 Å². The van der Waals surface area contributed by atoms with E-state index in [0.717, 1.165) is 9.13 Å². The minimum Gasteiger partial charge on any atom is -0.437 e. The number of halogens is 2. The van der Waals surface area contributed by atoms with E-state index in [9.17, 15) is 4.39 Å². The smallest absolute Gasteiger partial charge is 0.373 e. The molecule has 0 unspecified atom stereocenters. The van der Waals surface area contributed by atoms with Gasteiger partial charge in [0.25, 0.3) is 0 Å². The molecule has 70 valence electrons. The van der Waals surface area contributed by atoms with Gasteiger partial charge in [-0.05, 0) is 47.1 Å². The molecular formula is C8H10BFINO. The first-order valence-electron chi connectivity index (χ1n) is 3.95. The van der Waals surface area contributed by atoms with Gasteiger partial charge in [0, 0.05) is 10.1 Å². The van der Waals surface area contributed by atoms with Gasteiger partial charge in [-0.3, -0.25) is 0 Å². The SMILES string of the molecule is CB(O)NCc1ccc(F)cc1I. The van der Waals surface area contributed by atoms with Crippen LogP contribution in [0.4, 0.5) is 4.39 Å². The van der Waals surface area contributed by atoms with Crippen LogP contribution in [0.3, 0.4) is 0 Å². The number of benzene rings is 1. The molecule has 0 bridgehead atoms.